The number of anilines is 1. The molecule has 1 aliphatic heterocycles. The number of carbonyl (C=O) groups excluding carboxylic acids is 1. The number of hydrogen-bond donors (Lipinski definition) is 0. The highest BCUT2D eigenvalue weighted by Crippen LogP contribution is 2.32. The number of rotatable bonds is 3. The Labute approximate surface area is 118 Å². The van der Waals surface area contributed by atoms with Crippen molar-refractivity contribution >= 4 is 36.5 Å². The smallest absolute Gasteiger partial charge is 0.293 e. The highest BCUT2D eigenvalue weighted by molar-refractivity contribution is 5.96. The highest BCUT2D eigenvalue weighted by Gasteiger charge is 2.26. The van der Waals surface area contributed by atoms with Crippen LogP contribution in [-0.4, -0.2) is 26.7 Å². The summed E-state index contributed by atoms with van der Waals surface area (Å²) in [5.41, 5.74) is 2.30. The van der Waals surface area contributed by atoms with Crippen LogP contribution in [0.2, 0.25) is 0 Å². The molecule has 0 fully saturated rings. The fourth-order valence-electron chi connectivity index (χ4n) is 1.89. The highest BCUT2D eigenvalue weighted by atomic mass is 35.5. The Kier molecular flexibility index (Phi) is 7.01. The van der Waals surface area contributed by atoms with Gasteiger partial charge < -0.3 is 0 Å². The fraction of sp³-hybridized carbons (Fsp3) is 0.364. The van der Waals surface area contributed by atoms with E-state index in [1.807, 2.05) is 12.1 Å². The number of hydroxylamine groups is 1. The lowest BCUT2D eigenvalue weighted by Gasteiger charge is -2.17. The molecule has 0 radical (unpaired) electrons. The molecule has 0 saturated heterocycles. The van der Waals surface area contributed by atoms with E-state index in [1.54, 1.807) is 18.2 Å². The standard InChI is InChI=1S/C11H13NO4.2ClH/c1-14-12-7-6-8-4-3-5-9(10(8)12)11(13)16-15-2;;/h3-5H,6-7H2,1-2H3;2*1H. The molecule has 2 rings (SSSR count). The lowest BCUT2D eigenvalue weighted by atomic mass is 10.1. The number of para-hydroxylation sites is 1. The van der Waals surface area contributed by atoms with Gasteiger partial charge in [-0.05, 0) is 18.1 Å². The summed E-state index contributed by atoms with van der Waals surface area (Å²) in [6, 6.07) is 5.49. The van der Waals surface area contributed by atoms with E-state index in [2.05, 4.69) is 9.78 Å². The summed E-state index contributed by atoms with van der Waals surface area (Å²) in [6.45, 7) is 0.739. The van der Waals surface area contributed by atoms with Crippen molar-refractivity contribution in [2.24, 2.45) is 0 Å². The van der Waals surface area contributed by atoms with Gasteiger partial charge in [0.05, 0.1) is 25.5 Å². The van der Waals surface area contributed by atoms with E-state index in [4.69, 9.17) is 4.84 Å². The minimum Gasteiger partial charge on any atom is -0.293 e. The number of benzene rings is 1. The minimum atomic E-state index is -0.511. The first kappa shape index (κ1) is 17.0. The second-order valence-electron chi connectivity index (χ2n) is 3.39. The topological polar surface area (TPSA) is 48.0 Å². The van der Waals surface area contributed by atoms with E-state index in [0.29, 0.717) is 5.56 Å². The molecular weight excluding hydrogens is 281 g/mol. The second kappa shape index (κ2) is 7.43. The molecule has 1 aromatic carbocycles. The molecule has 0 unspecified atom stereocenters. The Morgan fingerprint density at radius 1 is 1.28 bits per heavy atom. The molecule has 0 atom stereocenters. The third kappa shape index (κ3) is 3.05. The molecule has 0 aliphatic carbocycles. The van der Waals surface area contributed by atoms with Crippen LogP contribution in [0.1, 0.15) is 15.9 Å². The number of hydrogen-bond acceptors (Lipinski definition) is 5. The SMILES string of the molecule is COOC(=O)c1cccc2c1N(OC)CC2.Cl.Cl. The number of fused-ring (bicyclic) bond motifs is 1. The van der Waals surface area contributed by atoms with Crippen LogP contribution in [-0.2, 0) is 21.0 Å². The molecule has 0 amide bonds. The molecule has 0 spiro atoms. The Balaban J connectivity index is 0.00000144. The first-order valence-corrected chi connectivity index (χ1v) is 4.96. The monoisotopic (exact) mass is 295 g/mol. The van der Waals surface area contributed by atoms with Crippen LogP contribution in [0, 0.1) is 0 Å². The van der Waals surface area contributed by atoms with Crippen LogP contribution < -0.4 is 5.06 Å². The van der Waals surface area contributed by atoms with Crippen molar-refractivity contribution in [1.29, 1.82) is 0 Å². The van der Waals surface area contributed by atoms with Gasteiger partial charge in [0.1, 0.15) is 0 Å². The summed E-state index contributed by atoms with van der Waals surface area (Å²) in [7, 11) is 2.88. The Morgan fingerprint density at radius 3 is 2.61 bits per heavy atom. The van der Waals surface area contributed by atoms with Crippen molar-refractivity contribution in [1.82, 2.24) is 0 Å². The van der Waals surface area contributed by atoms with E-state index >= 15 is 0 Å². The molecule has 1 heterocycles. The fourth-order valence-corrected chi connectivity index (χ4v) is 1.89. The van der Waals surface area contributed by atoms with Gasteiger partial charge in [0.2, 0.25) is 0 Å². The van der Waals surface area contributed by atoms with Crippen molar-refractivity contribution < 1.29 is 19.4 Å². The van der Waals surface area contributed by atoms with Crippen LogP contribution >= 0.6 is 24.8 Å². The van der Waals surface area contributed by atoms with Gasteiger partial charge in [-0.2, -0.15) is 4.89 Å². The van der Waals surface area contributed by atoms with Crippen molar-refractivity contribution in [2.75, 3.05) is 25.8 Å². The Morgan fingerprint density at radius 2 is 2.00 bits per heavy atom. The van der Waals surface area contributed by atoms with Gasteiger partial charge in [0.25, 0.3) is 0 Å². The molecule has 0 N–H and O–H groups in total. The van der Waals surface area contributed by atoms with Crippen LogP contribution in [0.5, 0.6) is 0 Å². The van der Waals surface area contributed by atoms with Crippen LogP contribution in [0.25, 0.3) is 0 Å². The van der Waals surface area contributed by atoms with Gasteiger partial charge in [0.15, 0.2) is 0 Å². The van der Waals surface area contributed by atoms with Crippen molar-refractivity contribution in [2.45, 2.75) is 6.42 Å². The summed E-state index contributed by atoms with van der Waals surface area (Å²) in [5, 5.41) is 1.68. The van der Waals surface area contributed by atoms with Crippen LogP contribution in [0.3, 0.4) is 0 Å². The zero-order chi connectivity index (χ0) is 11.5. The zero-order valence-electron chi connectivity index (χ0n) is 10.0. The lowest BCUT2D eigenvalue weighted by molar-refractivity contribution is -0.216. The number of nitrogens with zero attached hydrogens (tertiary/aromatic N) is 1. The summed E-state index contributed by atoms with van der Waals surface area (Å²) >= 11 is 0. The Bertz CT molecular complexity index is 414. The summed E-state index contributed by atoms with van der Waals surface area (Å²) < 4.78 is 0. The molecule has 0 saturated carbocycles. The van der Waals surface area contributed by atoms with E-state index in [9.17, 15) is 4.79 Å². The molecule has 0 bridgehead atoms. The molecule has 1 aromatic rings. The van der Waals surface area contributed by atoms with E-state index in [1.165, 1.54) is 7.11 Å². The summed E-state index contributed by atoms with van der Waals surface area (Å²) in [6.07, 6.45) is 0.858. The third-order valence-corrected chi connectivity index (χ3v) is 2.55. The summed E-state index contributed by atoms with van der Waals surface area (Å²) in [4.78, 5) is 25.7. The van der Waals surface area contributed by atoms with Crippen molar-refractivity contribution in [3.05, 3.63) is 29.3 Å². The molecule has 5 nitrogen and oxygen atoms in total. The van der Waals surface area contributed by atoms with Gasteiger partial charge in [-0.1, -0.05) is 12.1 Å². The number of carbonyl (C=O) groups is 1. The normalized spacial score (nSPS) is 12.2. The molecular formula is C11H15Cl2NO4. The molecule has 18 heavy (non-hydrogen) atoms. The quantitative estimate of drug-likeness (QED) is 0.632. The van der Waals surface area contributed by atoms with Gasteiger partial charge in [-0.15, -0.1) is 24.8 Å². The third-order valence-electron chi connectivity index (χ3n) is 2.55. The van der Waals surface area contributed by atoms with E-state index in [-0.39, 0.29) is 24.8 Å². The lowest BCUT2D eigenvalue weighted by Crippen LogP contribution is -2.21. The van der Waals surface area contributed by atoms with Gasteiger partial charge in [0, 0.05) is 6.54 Å². The van der Waals surface area contributed by atoms with E-state index in [0.717, 1.165) is 24.2 Å². The Hall–Kier alpha value is -1.01. The van der Waals surface area contributed by atoms with Gasteiger partial charge in [-0.3, -0.25) is 14.8 Å². The van der Waals surface area contributed by atoms with Crippen LogP contribution in [0.4, 0.5) is 5.69 Å². The van der Waals surface area contributed by atoms with Gasteiger partial charge >= 0.3 is 5.97 Å². The maximum atomic E-state index is 11.6. The average molecular weight is 296 g/mol. The van der Waals surface area contributed by atoms with Crippen LogP contribution in [0.15, 0.2) is 18.2 Å². The van der Waals surface area contributed by atoms with Gasteiger partial charge in [-0.25, -0.2) is 4.79 Å². The maximum Gasteiger partial charge on any atom is 0.375 e. The first-order chi connectivity index (χ1) is 7.77. The largest absolute Gasteiger partial charge is 0.375 e. The van der Waals surface area contributed by atoms with E-state index < -0.39 is 5.97 Å². The second-order valence-corrected chi connectivity index (χ2v) is 3.39. The molecule has 0 aromatic heterocycles. The average Bonchev–Trinajstić information content (AvgIpc) is 2.72. The zero-order valence-corrected chi connectivity index (χ0v) is 11.7. The predicted molar refractivity (Wildman–Crippen MR) is 71.4 cm³/mol. The number of halogens is 2. The maximum absolute atomic E-state index is 11.6. The predicted octanol–water partition coefficient (Wildman–Crippen LogP) is 2.17. The van der Waals surface area contributed by atoms with Crippen molar-refractivity contribution in [3.8, 4) is 0 Å². The molecule has 7 heteroatoms. The first-order valence-electron chi connectivity index (χ1n) is 4.96. The van der Waals surface area contributed by atoms with Crippen molar-refractivity contribution in [3.63, 3.8) is 0 Å². The summed E-state index contributed by atoms with van der Waals surface area (Å²) in [5.74, 6) is -0.511. The molecule has 1 aliphatic rings. The molecule has 102 valence electrons. The minimum absolute atomic E-state index is 0.